The van der Waals surface area contributed by atoms with Crippen LogP contribution in [0.3, 0.4) is 0 Å². The molecule has 0 N–H and O–H groups in total. The number of halogens is 1. The third-order valence-corrected chi connectivity index (χ3v) is 4.26. The smallest absolute Gasteiger partial charge is 0.254 e. The molecule has 0 spiro atoms. The van der Waals surface area contributed by atoms with Gasteiger partial charge < -0.3 is 14.5 Å². The van der Waals surface area contributed by atoms with Crippen molar-refractivity contribution >= 4 is 11.7 Å². The van der Waals surface area contributed by atoms with Crippen LogP contribution < -0.4 is 9.64 Å². The molecule has 0 unspecified atom stereocenters. The van der Waals surface area contributed by atoms with E-state index in [-0.39, 0.29) is 11.7 Å². The Bertz CT molecular complexity index is 743. The number of benzene rings is 1. The number of methoxy groups -OCH3 is 1. The predicted molar refractivity (Wildman–Crippen MR) is 90.0 cm³/mol. The van der Waals surface area contributed by atoms with E-state index in [1.165, 1.54) is 6.07 Å². The van der Waals surface area contributed by atoms with Gasteiger partial charge >= 0.3 is 0 Å². The summed E-state index contributed by atoms with van der Waals surface area (Å²) in [6.07, 6.45) is 1.73. The lowest BCUT2D eigenvalue weighted by atomic mass is 10.1. The molecule has 0 atom stereocenters. The van der Waals surface area contributed by atoms with Crippen molar-refractivity contribution in [3.05, 3.63) is 53.5 Å². The molecule has 3 rings (SSSR count). The average Bonchev–Trinajstić information content (AvgIpc) is 2.63. The number of carbonyl (C=O) groups excluding carboxylic acids is 1. The fourth-order valence-corrected chi connectivity index (χ4v) is 2.81. The molecular weight excluding hydrogens is 309 g/mol. The van der Waals surface area contributed by atoms with Gasteiger partial charge in [0.1, 0.15) is 5.82 Å². The van der Waals surface area contributed by atoms with Crippen LogP contribution in [0, 0.1) is 12.7 Å². The molecule has 1 aromatic carbocycles. The van der Waals surface area contributed by atoms with E-state index in [2.05, 4.69) is 9.88 Å². The van der Waals surface area contributed by atoms with Gasteiger partial charge in [-0.15, -0.1) is 0 Å². The van der Waals surface area contributed by atoms with Gasteiger partial charge in [-0.3, -0.25) is 4.79 Å². The van der Waals surface area contributed by atoms with Crippen molar-refractivity contribution in [1.29, 1.82) is 0 Å². The molecule has 126 valence electrons. The topological polar surface area (TPSA) is 45.7 Å². The lowest BCUT2D eigenvalue weighted by Crippen LogP contribution is -2.49. The number of nitrogens with zero attached hydrogens (tertiary/aromatic N) is 3. The number of aryl methyl sites for hydroxylation is 1. The van der Waals surface area contributed by atoms with Crippen LogP contribution in [0.25, 0.3) is 0 Å². The Labute approximate surface area is 140 Å². The summed E-state index contributed by atoms with van der Waals surface area (Å²) in [5.41, 5.74) is 0.931. The van der Waals surface area contributed by atoms with Gasteiger partial charge in [0.25, 0.3) is 5.91 Å². The SMILES string of the molecule is COc1cccnc1N1CCN(C(=O)c2ccc(C)c(F)c2)CC1. The molecule has 0 aliphatic carbocycles. The van der Waals surface area contributed by atoms with Gasteiger partial charge in [0, 0.05) is 37.9 Å². The van der Waals surface area contributed by atoms with Crippen LogP contribution in [0.5, 0.6) is 5.75 Å². The third-order valence-electron chi connectivity index (χ3n) is 4.26. The molecule has 1 aliphatic heterocycles. The molecule has 1 fully saturated rings. The summed E-state index contributed by atoms with van der Waals surface area (Å²) in [7, 11) is 1.62. The predicted octanol–water partition coefficient (Wildman–Crippen LogP) is 2.50. The van der Waals surface area contributed by atoms with Crippen molar-refractivity contribution < 1.29 is 13.9 Å². The highest BCUT2D eigenvalue weighted by Gasteiger charge is 2.24. The quantitative estimate of drug-likeness (QED) is 0.868. The second-order valence-electron chi connectivity index (χ2n) is 5.77. The molecule has 2 aromatic rings. The number of anilines is 1. The summed E-state index contributed by atoms with van der Waals surface area (Å²) in [5.74, 6) is 1.02. The minimum absolute atomic E-state index is 0.137. The van der Waals surface area contributed by atoms with Gasteiger partial charge in [0.05, 0.1) is 7.11 Å². The Hall–Kier alpha value is -2.63. The van der Waals surface area contributed by atoms with Crippen LogP contribution in [0.2, 0.25) is 0 Å². The summed E-state index contributed by atoms with van der Waals surface area (Å²) in [4.78, 5) is 20.7. The third kappa shape index (κ3) is 3.18. The second kappa shape index (κ2) is 6.86. The van der Waals surface area contributed by atoms with E-state index in [1.807, 2.05) is 12.1 Å². The van der Waals surface area contributed by atoms with Gasteiger partial charge in [-0.2, -0.15) is 0 Å². The fraction of sp³-hybridized carbons (Fsp3) is 0.333. The molecular formula is C18H20FN3O2. The van der Waals surface area contributed by atoms with Crippen molar-refractivity contribution in [3.8, 4) is 5.75 Å². The van der Waals surface area contributed by atoms with Crippen molar-refractivity contribution in [2.45, 2.75) is 6.92 Å². The number of ether oxygens (including phenoxy) is 1. The van der Waals surface area contributed by atoms with Gasteiger partial charge in [0.15, 0.2) is 11.6 Å². The van der Waals surface area contributed by atoms with E-state index in [0.717, 1.165) is 11.6 Å². The maximum absolute atomic E-state index is 13.7. The monoisotopic (exact) mass is 329 g/mol. The van der Waals surface area contributed by atoms with Crippen LogP contribution >= 0.6 is 0 Å². The molecule has 0 bridgehead atoms. The minimum atomic E-state index is -0.349. The van der Waals surface area contributed by atoms with Gasteiger partial charge in [-0.05, 0) is 36.8 Å². The summed E-state index contributed by atoms with van der Waals surface area (Å²) in [6.45, 7) is 4.13. The number of hydrogen-bond donors (Lipinski definition) is 0. The normalized spacial score (nSPS) is 14.6. The first kappa shape index (κ1) is 16.2. The highest BCUT2D eigenvalue weighted by Crippen LogP contribution is 2.26. The first-order valence-electron chi connectivity index (χ1n) is 7.89. The van der Waals surface area contributed by atoms with Crippen molar-refractivity contribution in [2.24, 2.45) is 0 Å². The van der Waals surface area contributed by atoms with Gasteiger partial charge in [0.2, 0.25) is 0 Å². The highest BCUT2D eigenvalue weighted by molar-refractivity contribution is 5.94. The standard InChI is InChI=1S/C18H20FN3O2/c1-13-5-6-14(12-15(13)19)18(23)22-10-8-21(9-11-22)17-16(24-2)4-3-7-20-17/h3-7,12H,8-11H2,1-2H3. The average molecular weight is 329 g/mol. The number of hydrogen-bond acceptors (Lipinski definition) is 4. The molecule has 1 amide bonds. The molecule has 24 heavy (non-hydrogen) atoms. The Morgan fingerprint density at radius 2 is 1.96 bits per heavy atom. The summed E-state index contributed by atoms with van der Waals surface area (Å²) in [5, 5.41) is 0. The molecule has 2 heterocycles. The number of carbonyl (C=O) groups is 1. The molecule has 6 heteroatoms. The molecule has 1 aromatic heterocycles. The molecule has 0 radical (unpaired) electrons. The number of pyridine rings is 1. The van der Waals surface area contributed by atoms with Crippen LogP contribution in [-0.2, 0) is 0 Å². The van der Waals surface area contributed by atoms with E-state index in [9.17, 15) is 9.18 Å². The summed E-state index contributed by atoms with van der Waals surface area (Å²) < 4.78 is 19.0. The van der Waals surface area contributed by atoms with E-state index >= 15 is 0 Å². The first-order chi connectivity index (χ1) is 11.6. The second-order valence-corrected chi connectivity index (χ2v) is 5.77. The Balaban J connectivity index is 1.68. The zero-order chi connectivity index (χ0) is 17.1. The lowest BCUT2D eigenvalue weighted by Gasteiger charge is -2.35. The lowest BCUT2D eigenvalue weighted by molar-refractivity contribution is 0.0746. The fourth-order valence-electron chi connectivity index (χ4n) is 2.81. The number of piperazine rings is 1. The first-order valence-corrected chi connectivity index (χ1v) is 7.89. The van der Waals surface area contributed by atoms with E-state index in [0.29, 0.717) is 37.3 Å². The summed E-state index contributed by atoms with van der Waals surface area (Å²) >= 11 is 0. The number of rotatable bonds is 3. The summed E-state index contributed by atoms with van der Waals surface area (Å²) in [6, 6.07) is 8.32. The maximum Gasteiger partial charge on any atom is 0.254 e. The van der Waals surface area contributed by atoms with E-state index in [4.69, 9.17) is 4.74 Å². The largest absolute Gasteiger partial charge is 0.493 e. The highest BCUT2D eigenvalue weighted by atomic mass is 19.1. The zero-order valence-corrected chi connectivity index (χ0v) is 13.8. The Kier molecular flexibility index (Phi) is 4.64. The minimum Gasteiger partial charge on any atom is -0.493 e. The van der Waals surface area contributed by atoms with Gasteiger partial charge in [-0.1, -0.05) is 6.07 Å². The molecule has 1 aliphatic rings. The van der Waals surface area contributed by atoms with Crippen molar-refractivity contribution in [3.63, 3.8) is 0 Å². The Morgan fingerprint density at radius 3 is 2.62 bits per heavy atom. The van der Waals surface area contributed by atoms with Gasteiger partial charge in [-0.25, -0.2) is 9.37 Å². The van der Waals surface area contributed by atoms with Crippen LogP contribution in [0.1, 0.15) is 15.9 Å². The maximum atomic E-state index is 13.7. The van der Waals surface area contributed by atoms with Crippen LogP contribution in [-0.4, -0.2) is 49.1 Å². The van der Waals surface area contributed by atoms with E-state index in [1.54, 1.807) is 37.3 Å². The van der Waals surface area contributed by atoms with Crippen LogP contribution in [0.4, 0.5) is 10.2 Å². The van der Waals surface area contributed by atoms with Crippen molar-refractivity contribution in [2.75, 3.05) is 38.2 Å². The van der Waals surface area contributed by atoms with Crippen LogP contribution in [0.15, 0.2) is 36.5 Å². The number of aromatic nitrogens is 1. The van der Waals surface area contributed by atoms with E-state index < -0.39 is 0 Å². The number of amides is 1. The molecule has 1 saturated heterocycles. The Morgan fingerprint density at radius 1 is 1.21 bits per heavy atom. The molecule has 0 saturated carbocycles. The molecule has 5 nitrogen and oxygen atoms in total. The van der Waals surface area contributed by atoms with Crippen molar-refractivity contribution in [1.82, 2.24) is 9.88 Å². The zero-order valence-electron chi connectivity index (χ0n) is 13.8.